The molecule has 0 bridgehead atoms. The third-order valence-electron chi connectivity index (χ3n) is 5.07. The molecule has 0 spiro atoms. The van der Waals surface area contributed by atoms with Crippen LogP contribution in [0.2, 0.25) is 0 Å². The predicted octanol–water partition coefficient (Wildman–Crippen LogP) is 2.21. The zero-order valence-corrected chi connectivity index (χ0v) is 16.3. The van der Waals surface area contributed by atoms with E-state index < -0.39 is 5.97 Å². The summed E-state index contributed by atoms with van der Waals surface area (Å²) in [6.07, 6.45) is 2.13. The lowest BCUT2D eigenvalue weighted by Gasteiger charge is -2.34. The van der Waals surface area contributed by atoms with E-state index in [4.69, 9.17) is 0 Å². The van der Waals surface area contributed by atoms with Crippen LogP contribution in [0.25, 0.3) is 0 Å². The van der Waals surface area contributed by atoms with Gasteiger partial charge in [0.25, 0.3) is 5.91 Å². The molecule has 8 nitrogen and oxygen atoms in total. The first-order chi connectivity index (χ1) is 14.1. The molecule has 1 aliphatic rings. The number of methoxy groups -OCH3 is 1. The zero-order valence-electron chi connectivity index (χ0n) is 16.3. The molecule has 0 saturated carbocycles. The van der Waals surface area contributed by atoms with Gasteiger partial charge in [0.1, 0.15) is 11.5 Å². The summed E-state index contributed by atoms with van der Waals surface area (Å²) in [6.45, 7) is 2.82. The van der Waals surface area contributed by atoms with Crippen LogP contribution < -0.4 is 0 Å². The number of ether oxygens (including phenoxy) is 1. The minimum atomic E-state index is -0.485. The summed E-state index contributed by atoms with van der Waals surface area (Å²) in [5.41, 5.74) is 1.77. The van der Waals surface area contributed by atoms with Crippen LogP contribution in [0.1, 0.15) is 44.1 Å². The quantitative estimate of drug-likeness (QED) is 0.634. The van der Waals surface area contributed by atoms with E-state index in [1.807, 2.05) is 25.1 Å². The molecule has 1 aliphatic heterocycles. The Kier molecular flexibility index (Phi) is 5.07. The van der Waals surface area contributed by atoms with Crippen molar-refractivity contribution >= 4 is 11.9 Å². The Bertz CT molecular complexity index is 1030. The maximum absolute atomic E-state index is 13.1. The molecule has 0 saturated heterocycles. The largest absolute Gasteiger partial charge is 0.465 e. The predicted molar refractivity (Wildman–Crippen MR) is 104 cm³/mol. The molecule has 1 atom stereocenters. The maximum atomic E-state index is 13.1. The molecule has 148 valence electrons. The smallest absolute Gasteiger partial charge is 0.339 e. The lowest BCUT2D eigenvalue weighted by molar-refractivity contribution is 0.0597. The molecule has 1 aromatic carbocycles. The highest BCUT2D eigenvalue weighted by molar-refractivity contribution is 5.94. The van der Waals surface area contributed by atoms with Gasteiger partial charge in [-0.3, -0.25) is 9.78 Å². The maximum Gasteiger partial charge on any atom is 0.339 e. The number of carbonyl (C=O) groups excluding carboxylic acids is 2. The van der Waals surface area contributed by atoms with Crippen molar-refractivity contribution in [3.05, 3.63) is 77.1 Å². The van der Waals surface area contributed by atoms with Crippen LogP contribution in [0.4, 0.5) is 0 Å². The summed E-state index contributed by atoms with van der Waals surface area (Å²) in [7, 11) is 1.31. The number of aromatic nitrogens is 4. The van der Waals surface area contributed by atoms with Crippen molar-refractivity contribution < 1.29 is 14.3 Å². The topological polar surface area (TPSA) is 90.2 Å². The Labute approximate surface area is 168 Å². The number of esters is 1. The van der Waals surface area contributed by atoms with Crippen molar-refractivity contribution in [2.45, 2.75) is 25.9 Å². The fourth-order valence-corrected chi connectivity index (χ4v) is 3.68. The SMILES string of the molecule is COC(=O)c1ccc(C(=O)N2Cc3nnc(C)n3[C@H](Cc3ccccc3)C2)nc1. The summed E-state index contributed by atoms with van der Waals surface area (Å²) < 4.78 is 6.79. The van der Waals surface area contributed by atoms with E-state index in [-0.39, 0.29) is 17.6 Å². The van der Waals surface area contributed by atoms with Crippen LogP contribution in [-0.2, 0) is 17.7 Å². The van der Waals surface area contributed by atoms with Crippen LogP contribution in [0.15, 0.2) is 48.7 Å². The van der Waals surface area contributed by atoms with E-state index in [0.717, 1.165) is 18.1 Å². The molecule has 4 rings (SSSR count). The van der Waals surface area contributed by atoms with E-state index in [2.05, 4.69) is 36.6 Å². The highest BCUT2D eigenvalue weighted by Gasteiger charge is 2.31. The van der Waals surface area contributed by atoms with E-state index in [9.17, 15) is 9.59 Å². The fraction of sp³-hybridized carbons (Fsp3) is 0.286. The molecular formula is C21H21N5O3. The molecule has 8 heteroatoms. The first-order valence-corrected chi connectivity index (χ1v) is 9.34. The number of carbonyl (C=O) groups is 2. The molecule has 3 heterocycles. The second kappa shape index (κ2) is 7.83. The van der Waals surface area contributed by atoms with Gasteiger partial charge in [-0.2, -0.15) is 0 Å². The molecule has 2 aromatic heterocycles. The van der Waals surface area contributed by atoms with E-state index in [1.165, 1.54) is 18.9 Å². The molecule has 0 radical (unpaired) electrons. The Morgan fingerprint density at radius 1 is 1.14 bits per heavy atom. The van der Waals surface area contributed by atoms with E-state index in [1.54, 1.807) is 17.0 Å². The molecule has 1 amide bonds. The summed E-state index contributed by atoms with van der Waals surface area (Å²) in [6, 6.07) is 13.3. The Morgan fingerprint density at radius 2 is 1.93 bits per heavy atom. The second-order valence-electron chi connectivity index (χ2n) is 6.99. The van der Waals surface area contributed by atoms with Gasteiger partial charge in [0.05, 0.1) is 25.3 Å². The van der Waals surface area contributed by atoms with Crippen LogP contribution in [0, 0.1) is 6.92 Å². The van der Waals surface area contributed by atoms with Crippen LogP contribution in [0.3, 0.4) is 0 Å². The number of rotatable bonds is 4. The lowest BCUT2D eigenvalue weighted by Crippen LogP contribution is -2.42. The number of hydrogen-bond donors (Lipinski definition) is 0. The first kappa shape index (κ1) is 18.8. The number of fused-ring (bicyclic) bond motifs is 1. The van der Waals surface area contributed by atoms with Crippen LogP contribution >= 0.6 is 0 Å². The Hall–Kier alpha value is -3.55. The van der Waals surface area contributed by atoms with Crippen LogP contribution in [-0.4, -0.2) is 50.2 Å². The minimum Gasteiger partial charge on any atom is -0.465 e. The van der Waals surface area contributed by atoms with Gasteiger partial charge in [0.2, 0.25) is 0 Å². The second-order valence-corrected chi connectivity index (χ2v) is 6.99. The van der Waals surface area contributed by atoms with Crippen molar-refractivity contribution in [2.24, 2.45) is 0 Å². The molecule has 29 heavy (non-hydrogen) atoms. The normalized spacial score (nSPS) is 15.7. The van der Waals surface area contributed by atoms with Gasteiger partial charge >= 0.3 is 5.97 Å². The zero-order chi connectivity index (χ0) is 20.4. The summed E-state index contributed by atoms with van der Waals surface area (Å²) in [5.74, 6) is 0.912. The number of aryl methyl sites for hydroxylation is 1. The molecule has 0 fully saturated rings. The van der Waals surface area contributed by atoms with Gasteiger partial charge < -0.3 is 14.2 Å². The lowest BCUT2D eigenvalue weighted by atomic mass is 10.0. The van der Waals surface area contributed by atoms with Gasteiger partial charge in [-0.1, -0.05) is 30.3 Å². The minimum absolute atomic E-state index is 0.0365. The standard InChI is InChI=1S/C21H21N5O3/c1-14-23-24-19-13-25(12-17(26(14)19)10-15-6-4-3-5-7-15)20(27)18-9-8-16(11-22-18)21(28)29-2/h3-9,11,17H,10,12-13H2,1-2H3/t17-/m1/s1. The molecule has 0 aliphatic carbocycles. The summed E-state index contributed by atoms with van der Waals surface area (Å²) in [4.78, 5) is 30.5. The van der Waals surface area contributed by atoms with E-state index in [0.29, 0.717) is 18.7 Å². The number of amides is 1. The van der Waals surface area contributed by atoms with Gasteiger partial charge in [-0.15, -0.1) is 10.2 Å². The number of benzene rings is 1. The molecule has 0 unspecified atom stereocenters. The van der Waals surface area contributed by atoms with E-state index >= 15 is 0 Å². The average molecular weight is 391 g/mol. The third-order valence-corrected chi connectivity index (χ3v) is 5.07. The third kappa shape index (κ3) is 3.73. The molecule has 0 N–H and O–H groups in total. The summed E-state index contributed by atoms with van der Waals surface area (Å²) in [5, 5.41) is 8.47. The fourth-order valence-electron chi connectivity index (χ4n) is 3.68. The van der Waals surface area contributed by atoms with Gasteiger partial charge in [-0.05, 0) is 31.0 Å². The van der Waals surface area contributed by atoms with Crippen molar-refractivity contribution in [2.75, 3.05) is 13.7 Å². The van der Waals surface area contributed by atoms with Gasteiger partial charge in [0, 0.05) is 12.7 Å². The highest BCUT2D eigenvalue weighted by atomic mass is 16.5. The van der Waals surface area contributed by atoms with Crippen molar-refractivity contribution in [1.82, 2.24) is 24.6 Å². The number of nitrogens with zero attached hydrogens (tertiary/aromatic N) is 5. The van der Waals surface area contributed by atoms with Crippen molar-refractivity contribution in [3.63, 3.8) is 0 Å². The first-order valence-electron chi connectivity index (χ1n) is 9.34. The number of pyridine rings is 1. The highest BCUT2D eigenvalue weighted by Crippen LogP contribution is 2.26. The monoisotopic (exact) mass is 391 g/mol. The van der Waals surface area contributed by atoms with Gasteiger partial charge in [-0.25, -0.2) is 4.79 Å². The van der Waals surface area contributed by atoms with Crippen LogP contribution in [0.5, 0.6) is 0 Å². The van der Waals surface area contributed by atoms with Gasteiger partial charge in [0.15, 0.2) is 5.82 Å². The molecule has 3 aromatic rings. The average Bonchev–Trinajstić information content (AvgIpc) is 3.14. The van der Waals surface area contributed by atoms with Crippen molar-refractivity contribution in [1.29, 1.82) is 0 Å². The molecular weight excluding hydrogens is 370 g/mol. The number of hydrogen-bond acceptors (Lipinski definition) is 6. The Balaban J connectivity index is 1.58. The Morgan fingerprint density at radius 3 is 2.62 bits per heavy atom. The van der Waals surface area contributed by atoms with Crippen molar-refractivity contribution in [3.8, 4) is 0 Å². The summed E-state index contributed by atoms with van der Waals surface area (Å²) >= 11 is 0.